The number of ether oxygens (including phenoxy) is 2. The Labute approximate surface area is 328 Å². The minimum atomic E-state index is -1.01. The third kappa shape index (κ3) is 10.5. The second-order valence-corrected chi connectivity index (χ2v) is 16.3. The minimum absolute atomic E-state index is 0.0204. The van der Waals surface area contributed by atoms with Gasteiger partial charge in [0, 0.05) is 35.5 Å². The number of hydrogen-bond acceptors (Lipinski definition) is 7. The molecule has 5 N–H and O–H groups in total. The monoisotopic (exact) mass is 765 g/mol. The van der Waals surface area contributed by atoms with Gasteiger partial charge in [-0.15, -0.1) is 0 Å². The Morgan fingerprint density at radius 1 is 0.875 bits per heavy atom. The van der Waals surface area contributed by atoms with Gasteiger partial charge in [0.2, 0.25) is 17.4 Å². The van der Waals surface area contributed by atoms with E-state index < -0.39 is 41.7 Å². The number of H-pyrrole nitrogens is 1. The van der Waals surface area contributed by atoms with Crippen LogP contribution in [0.1, 0.15) is 101 Å². The molecule has 0 aliphatic heterocycles. The Kier molecular flexibility index (Phi) is 13.0. The molecule has 3 aliphatic carbocycles. The van der Waals surface area contributed by atoms with Gasteiger partial charge in [-0.1, -0.05) is 86.7 Å². The molecule has 0 radical (unpaired) electrons. The van der Waals surface area contributed by atoms with Crippen LogP contribution in [-0.4, -0.2) is 59.8 Å². The number of hydrogen-bond donors (Lipinski definition) is 5. The molecular formula is C44H55N5O7. The lowest BCUT2D eigenvalue weighted by atomic mass is 9.84. The highest BCUT2D eigenvalue weighted by Crippen LogP contribution is 2.49. The van der Waals surface area contributed by atoms with Crippen LogP contribution in [0.25, 0.3) is 10.9 Å². The van der Waals surface area contributed by atoms with E-state index in [1.807, 2.05) is 31.2 Å². The Hall–Kier alpha value is -5.39. The summed E-state index contributed by atoms with van der Waals surface area (Å²) in [5.74, 6) is -0.364. The van der Waals surface area contributed by atoms with E-state index in [0.29, 0.717) is 24.0 Å². The predicted octanol–water partition coefficient (Wildman–Crippen LogP) is 7.25. The number of benzene rings is 2. The van der Waals surface area contributed by atoms with Crippen molar-refractivity contribution in [2.45, 2.75) is 109 Å². The van der Waals surface area contributed by atoms with Crippen LogP contribution in [0.3, 0.4) is 0 Å². The number of carbonyl (C=O) groups excluding carboxylic acids is 4. The van der Waals surface area contributed by atoms with Gasteiger partial charge in [0.15, 0.2) is 0 Å². The number of pyridine rings is 1. The van der Waals surface area contributed by atoms with Crippen LogP contribution in [-0.2, 0) is 19.1 Å². The first-order valence-corrected chi connectivity index (χ1v) is 19.9. The molecule has 5 atom stereocenters. The second-order valence-electron chi connectivity index (χ2n) is 16.3. The number of fused-ring (bicyclic) bond motifs is 4. The number of nitrogens with one attached hydrogen (secondary N) is 5. The molecule has 56 heavy (non-hydrogen) atoms. The third-order valence-electron chi connectivity index (χ3n) is 11.0. The molecule has 0 spiro atoms. The topological polar surface area (TPSA) is 168 Å². The summed E-state index contributed by atoms with van der Waals surface area (Å²) in [5.41, 5.74) is 3.28. The maximum atomic E-state index is 14.2. The first-order chi connectivity index (χ1) is 26.8. The van der Waals surface area contributed by atoms with Crippen molar-refractivity contribution in [2.24, 2.45) is 11.8 Å². The zero-order valence-corrected chi connectivity index (χ0v) is 32.8. The average molecular weight is 766 g/mol. The lowest BCUT2D eigenvalue weighted by Crippen LogP contribution is -2.53. The summed E-state index contributed by atoms with van der Waals surface area (Å²) in [6.07, 6.45) is 13.3. The summed E-state index contributed by atoms with van der Waals surface area (Å²) < 4.78 is 11.2. The number of rotatable bonds is 13. The van der Waals surface area contributed by atoms with Crippen molar-refractivity contribution in [2.75, 3.05) is 18.5 Å². The van der Waals surface area contributed by atoms with Crippen LogP contribution < -0.4 is 26.8 Å². The fourth-order valence-corrected chi connectivity index (χ4v) is 8.31. The normalized spacial score (nSPS) is 20.0. The standard InChI is InChI=1S/C44H55N5O7/c1-27-23-39(50)47-37-25-29(20-21-30(27)37)46-40(51)36(19-12-22-45-42(53)56-44(2,3)4)48-41(52)38(24-28-13-6-5-7-14-28)49-43(54)55-26-35-33-17-10-8-15-31(33)32-16-9-11-18-34(32)35/h8-11,15-18,20-21,23,25,28,31,33,35-36,38H,5-7,12-14,19,22,24,26H2,1-4H3,(H,45,53)(H,46,51)(H,47,50)(H,48,52)(H,49,54)/t31?,33?,35?,36-,38-/m0/s1. The van der Waals surface area contributed by atoms with Crippen molar-refractivity contribution in [3.63, 3.8) is 0 Å². The highest BCUT2D eigenvalue weighted by atomic mass is 16.6. The zero-order chi connectivity index (χ0) is 39.8. The number of anilines is 1. The fourth-order valence-electron chi connectivity index (χ4n) is 8.31. The summed E-state index contributed by atoms with van der Waals surface area (Å²) in [5, 5.41) is 12.2. The lowest BCUT2D eigenvalue weighted by Gasteiger charge is -2.28. The first-order valence-electron chi connectivity index (χ1n) is 19.9. The predicted molar refractivity (Wildman–Crippen MR) is 216 cm³/mol. The Bertz CT molecular complexity index is 2030. The first kappa shape index (κ1) is 40.3. The molecule has 3 aliphatic rings. The Morgan fingerprint density at radius 2 is 1.62 bits per heavy atom. The largest absolute Gasteiger partial charge is 0.449 e. The number of aromatic amines is 1. The Morgan fingerprint density at radius 3 is 2.39 bits per heavy atom. The molecule has 298 valence electrons. The molecule has 0 saturated heterocycles. The summed E-state index contributed by atoms with van der Waals surface area (Å²) in [4.78, 5) is 68.9. The maximum absolute atomic E-state index is 14.2. The molecule has 3 aromatic rings. The zero-order valence-electron chi connectivity index (χ0n) is 32.8. The van der Waals surface area contributed by atoms with Gasteiger partial charge < -0.3 is 35.7 Å². The number of alkyl carbamates (subject to hydrolysis) is 2. The summed E-state index contributed by atoms with van der Waals surface area (Å²) >= 11 is 0. The van der Waals surface area contributed by atoms with E-state index in [-0.39, 0.29) is 48.8 Å². The van der Waals surface area contributed by atoms with Gasteiger partial charge in [0.1, 0.15) is 24.3 Å². The van der Waals surface area contributed by atoms with E-state index in [9.17, 15) is 24.0 Å². The van der Waals surface area contributed by atoms with Crippen LogP contribution in [0.5, 0.6) is 0 Å². The van der Waals surface area contributed by atoms with E-state index in [2.05, 4.69) is 56.6 Å². The number of allylic oxidation sites excluding steroid dienone is 4. The van der Waals surface area contributed by atoms with Crippen LogP contribution >= 0.6 is 0 Å². The molecule has 6 rings (SSSR count). The van der Waals surface area contributed by atoms with Crippen LogP contribution in [0.2, 0.25) is 0 Å². The molecule has 12 nitrogen and oxygen atoms in total. The van der Waals surface area contributed by atoms with E-state index in [0.717, 1.165) is 48.6 Å². The van der Waals surface area contributed by atoms with Crippen molar-refractivity contribution >= 4 is 40.6 Å². The molecule has 1 aromatic heterocycles. The van der Waals surface area contributed by atoms with E-state index >= 15 is 0 Å². The van der Waals surface area contributed by atoms with Gasteiger partial charge in [-0.25, -0.2) is 9.59 Å². The van der Waals surface area contributed by atoms with Gasteiger partial charge in [0.05, 0.1) is 5.52 Å². The molecule has 3 unspecified atom stereocenters. The minimum Gasteiger partial charge on any atom is -0.449 e. The van der Waals surface area contributed by atoms with Crippen LogP contribution in [0.15, 0.2) is 77.6 Å². The van der Waals surface area contributed by atoms with Crippen molar-refractivity contribution < 1.29 is 28.7 Å². The molecule has 1 saturated carbocycles. The number of carbonyl (C=O) groups is 4. The molecule has 1 fully saturated rings. The molecular weight excluding hydrogens is 711 g/mol. The van der Waals surface area contributed by atoms with E-state index in [4.69, 9.17) is 9.47 Å². The number of aryl methyl sites for hydroxylation is 1. The second kappa shape index (κ2) is 18.0. The van der Waals surface area contributed by atoms with Gasteiger partial charge in [0.25, 0.3) is 0 Å². The van der Waals surface area contributed by atoms with Gasteiger partial charge in [-0.3, -0.25) is 14.4 Å². The highest BCUT2D eigenvalue weighted by molar-refractivity contribution is 5.99. The molecule has 12 heteroatoms. The summed E-state index contributed by atoms with van der Waals surface area (Å²) in [6, 6.07) is 13.0. The molecule has 4 amide bonds. The van der Waals surface area contributed by atoms with Crippen molar-refractivity contribution in [3.05, 3.63) is 99.9 Å². The third-order valence-corrected chi connectivity index (χ3v) is 11.0. The number of amides is 4. The average Bonchev–Trinajstić information content (AvgIpc) is 3.47. The molecule has 0 bridgehead atoms. The summed E-state index contributed by atoms with van der Waals surface area (Å²) in [6.45, 7) is 7.52. The smallest absolute Gasteiger partial charge is 0.407 e. The number of aromatic nitrogens is 1. The van der Waals surface area contributed by atoms with Crippen molar-refractivity contribution in [1.82, 2.24) is 20.9 Å². The SMILES string of the molecule is Cc1cc(=O)[nH]c2cc(NC(=O)[C@H](CCCNC(=O)OC(C)(C)C)NC(=O)[C@H](CC3CCCCC3)NC(=O)OCC3c4ccccc4C4C=CC=CC43)ccc12. The van der Waals surface area contributed by atoms with E-state index in [1.54, 1.807) is 32.9 Å². The van der Waals surface area contributed by atoms with Gasteiger partial charge in [-0.05, 0) is 87.6 Å². The van der Waals surface area contributed by atoms with Gasteiger partial charge >= 0.3 is 12.2 Å². The lowest BCUT2D eigenvalue weighted by molar-refractivity contribution is -0.128. The van der Waals surface area contributed by atoms with Crippen LogP contribution in [0, 0.1) is 18.8 Å². The quantitative estimate of drug-likeness (QED) is 0.114. The molecule has 1 heterocycles. The van der Waals surface area contributed by atoms with Crippen LogP contribution in [0.4, 0.5) is 15.3 Å². The Balaban J connectivity index is 1.15. The van der Waals surface area contributed by atoms with Crippen molar-refractivity contribution in [1.29, 1.82) is 0 Å². The molecule has 2 aromatic carbocycles. The summed E-state index contributed by atoms with van der Waals surface area (Å²) in [7, 11) is 0. The maximum Gasteiger partial charge on any atom is 0.407 e. The van der Waals surface area contributed by atoms with Gasteiger partial charge in [-0.2, -0.15) is 0 Å². The fraction of sp³-hybridized carbons (Fsp3) is 0.477. The highest BCUT2D eigenvalue weighted by Gasteiger charge is 2.39. The van der Waals surface area contributed by atoms with E-state index in [1.165, 1.54) is 11.6 Å². The van der Waals surface area contributed by atoms with Crippen molar-refractivity contribution in [3.8, 4) is 0 Å².